The first-order valence-electron chi connectivity index (χ1n) is 8.61. The Morgan fingerprint density at radius 1 is 0.815 bits per heavy atom. The second-order valence-electron chi connectivity index (χ2n) is 5.91. The first kappa shape index (κ1) is 18.2. The first-order valence-corrected chi connectivity index (χ1v) is 8.61. The zero-order valence-electron chi connectivity index (χ0n) is 14.7. The SMILES string of the molecule is Nc1cccc(C(=O)OCCC(=O)N(c2ccccc2)c2ccccc2)c1. The van der Waals surface area contributed by atoms with E-state index in [1.807, 2.05) is 60.7 Å². The molecule has 3 rings (SSSR count). The lowest BCUT2D eigenvalue weighted by atomic mass is 10.2. The molecule has 0 aliphatic carbocycles. The number of carbonyl (C=O) groups excluding carboxylic acids is 2. The maximum absolute atomic E-state index is 12.8. The van der Waals surface area contributed by atoms with Gasteiger partial charge in [-0.2, -0.15) is 0 Å². The van der Waals surface area contributed by atoms with E-state index in [0.29, 0.717) is 11.3 Å². The Kier molecular flexibility index (Phi) is 5.84. The maximum Gasteiger partial charge on any atom is 0.338 e. The molecule has 0 bridgehead atoms. The monoisotopic (exact) mass is 360 g/mol. The number of nitrogen functional groups attached to an aromatic ring is 1. The lowest BCUT2D eigenvalue weighted by Gasteiger charge is -2.23. The number of para-hydroxylation sites is 2. The van der Waals surface area contributed by atoms with Crippen LogP contribution in [0.5, 0.6) is 0 Å². The van der Waals surface area contributed by atoms with Crippen LogP contribution in [0.3, 0.4) is 0 Å². The fraction of sp³-hybridized carbons (Fsp3) is 0.0909. The van der Waals surface area contributed by atoms with Crippen LogP contribution in [-0.4, -0.2) is 18.5 Å². The van der Waals surface area contributed by atoms with Crippen LogP contribution >= 0.6 is 0 Å². The molecule has 0 aromatic heterocycles. The number of rotatable bonds is 6. The summed E-state index contributed by atoms with van der Waals surface area (Å²) in [6.07, 6.45) is 0.0673. The Balaban J connectivity index is 1.67. The third-order valence-corrected chi connectivity index (χ3v) is 3.95. The standard InChI is InChI=1S/C22H20N2O3/c23-18-9-7-8-17(16-18)22(26)27-15-14-21(25)24(19-10-3-1-4-11-19)20-12-5-2-6-13-20/h1-13,16H,14-15,23H2. The molecule has 0 aliphatic rings. The summed E-state index contributed by atoms with van der Waals surface area (Å²) in [6, 6.07) is 25.3. The van der Waals surface area contributed by atoms with Gasteiger partial charge in [0.2, 0.25) is 5.91 Å². The van der Waals surface area contributed by atoms with Crippen LogP contribution in [0.25, 0.3) is 0 Å². The summed E-state index contributed by atoms with van der Waals surface area (Å²) < 4.78 is 5.23. The number of anilines is 3. The highest BCUT2D eigenvalue weighted by Gasteiger charge is 2.18. The first-order chi connectivity index (χ1) is 13.1. The highest BCUT2D eigenvalue weighted by atomic mass is 16.5. The van der Waals surface area contributed by atoms with Crippen LogP contribution in [-0.2, 0) is 9.53 Å². The van der Waals surface area contributed by atoms with Crippen molar-refractivity contribution >= 4 is 28.9 Å². The lowest BCUT2D eigenvalue weighted by Crippen LogP contribution is -2.27. The number of carbonyl (C=O) groups is 2. The van der Waals surface area contributed by atoms with Gasteiger partial charge in [-0.05, 0) is 42.5 Å². The van der Waals surface area contributed by atoms with Gasteiger partial charge in [-0.1, -0.05) is 42.5 Å². The minimum absolute atomic E-state index is 0.0113. The number of amides is 1. The van der Waals surface area contributed by atoms with Gasteiger partial charge in [-0.15, -0.1) is 0 Å². The van der Waals surface area contributed by atoms with Crippen LogP contribution in [0.1, 0.15) is 16.8 Å². The Morgan fingerprint density at radius 3 is 1.96 bits per heavy atom. The predicted molar refractivity (Wildman–Crippen MR) is 106 cm³/mol. The van der Waals surface area contributed by atoms with E-state index in [1.165, 1.54) is 0 Å². The minimum atomic E-state index is -0.499. The van der Waals surface area contributed by atoms with Gasteiger partial charge in [-0.25, -0.2) is 4.79 Å². The van der Waals surface area contributed by atoms with E-state index in [-0.39, 0.29) is 18.9 Å². The molecule has 5 heteroatoms. The predicted octanol–water partition coefficient (Wildman–Crippen LogP) is 4.18. The van der Waals surface area contributed by atoms with Gasteiger partial charge in [0, 0.05) is 17.1 Å². The number of hydrogen-bond donors (Lipinski definition) is 1. The number of hydrogen-bond acceptors (Lipinski definition) is 4. The van der Waals surface area contributed by atoms with Crippen molar-refractivity contribution in [2.45, 2.75) is 6.42 Å². The zero-order valence-corrected chi connectivity index (χ0v) is 14.7. The van der Waals surface area contributed by atoms with E-state index in [2.05, 4.69) is 0 Å². The lowest BCUT2D eigenvalue weighted by molar-refractivity contribution is -0.118. The molecular formula is C22H20N2O3. The summed E-state index contributed by atoms with van der Waals surface area (Å²) in [4.78, 5) is 26.5. The molecule has 136 valence electrons. The summed E-state index contributed by atoms with van der Waals surface area (Å²) >= 11 is 0. The molecule has 0 aliphatic heterocycles. The molecule has 0 fully saturated rings. The largest absolute Gasteiger partial charge is 0.462 e. The van der Waals surface area contributed by atoms with Crippen LogP contribution in [0.15, 0.2) is 84.9 Å². The quantitative estimate of drug-likeness (QED) is 0.529. The van der Waals surface area contributed by atoms with Gasteiger partial charge in [0.25, 0.3) is 0 Å². The Bertz CT molecular complexity index is 872. The van der Waals surface area contributed by atoms with Crippen LogP contribution in [0.4, 0.5) is 17.1 Å². The van der Waals surface area contributed by atoms with E-state index in [9.17, 15) is 9.59 Å². The molecule has 0 radical (unpaired) electrons. The summed E-state index contributed by atoms with van der Waals surface area (Å²) in [5, 5.41) is 0. The second kappa shape index (κ2) is 8.67. The summed E-state index contributed by atoms with van der Waals surface area (Å²) in [7, 11) is 0. The van der Waals surface area contributed by atoms with Crippen molar-refractivity contribution in [3.63, 3.8) is 0 Å². The molecule has 3 aromatic rings. The highest BCUT2D eigenvalue weighted by molar-refractivity contribution is 6.00. The molecule has 5 nitrogen and oxygen atoms in total. The van der Waals surface area contributed by atoms with Crippen molar-refractivity contribution in [2.75, 3.05) is 17.2 Å². The Morgan fingerprint density at radius 2 is 1.41 bits per heavy atom. The molecule has 0 unspecified atom stereocenters. The van der Waals surface area contributed by atoms with E-state index in [0.717, 1.165) is 11.4 Å². The van der Waals surface area contributed by atoms with E-state index < -0.39 is 5.97 Å². The van der Waals surface area contributed by atoms with Gasteiger partial charge < -0.3 is 10.5 Å². The molecule has 0 saturated carbocycles. The smallest absolute Gasteiger partial charge is 0.338 e. The van der Waals surface area contributed by atoms with Crippen LogP contribution in [0.2, 0.25) is 0 Å². The molecule has 0 heterocycles. The van der Waals surface area contributed by atoms with E-state index >= 15 is 0 Å². The number of ether oxygens (including phenoxy) is 1. The fourth-order valence-electron chi connectivity index (χ4n) is 2.68. The molecule has 27 heavy (non-hydrogen) atoms. The van der Waals surface area contributed by atoms with E-state index in [4.69, 9.17) is 10.5 Å². The third-order valence-electron chi connectivity index (χ3n) is 3.95. The number of esters is 1. The number of benzene rings is 3. The van der Waals surface area contributed by atoms with Gasteiger partial charge in [0.05, 0.1) is 12.0 Å². The van der Waals surface area contributed by atoms with Gasteiger partial charge >= 0.3 is 5.97 Å². The molecule has 3 aromatic carbocycles. The van der Waals surface area contributed by atoms with Gasteiger partial charge in [0.15, 0.2) is 0 Å². The zero-order chi connectivity index (χ0) is 19.1. The van der Waals surface area contributed by atoms with Gasteiger partial charge in [-0.3, -0.25) is 9.69 Å². The Labute approximate surface area is 158 Å². The van der Waals surface area contributed by atoms with E-state index in [1.54, 1.807) is 29.2 Å². The van der Waals surface area contributed by atoms with Crippen molar-refractivity contribution in [2.24, 2.45) is 0 Å². The summed E-state index contributed by atoms with van der Waals surface area (Å²) in [5.41, 5.74) is 8.05. The van der Waals surface area contributed by atoms with Gasteiger partial charge in [0.1, 0.15) is 6.61 Å². The van der Waals surface area contributed by atoms with Crippen molar-refractivity contribution < 1.29 is 14.3 Å². The topological polar surface area (TPSA) is 72.6 Å². The molecule has 0 spiro atoms. The molecule has 1 amide bonds. The number of nitrogens with two attached hydrogens (primary N) is 1. The molecule has 0 saturated heterocycles. The average molecular weight is 360 g/mol. The van der Waals surface area contributed by atoms with Crippen molar-refractivity contribution in [3.05, 3.63) is 90.5 Å². The highest BCUT2D eigenvalue weighted by Crippen LogP contribution is 2.25. The van der Waals surface area contributed by atoms with Crippen molar-refractivity contribution in [3.8, 4) is 0 Å². The summed E-state index contributed by atoms with van der Waals surface area (Å²) in [6.45, 7) is -0.0113. The normalized spacial score (nSPS) is 10.2. The number of nitrogens with zero attached hydrogens (tertiary/aromatic N) is 1. The third kappa shape index (κ3) is 4.73. The van der Waals surface area contributed by atoms with Crippen molar-refractivity contribution in [1.29, 1.82) is 0 Å². The minimum Gasteiger partial charge on any atom is -0.462 e. The summed E-state index contributed by atoms with van der Waals surface area (Å²) in [5.74, 6) is -0.658. The van der Waals surface area contributed by atoms with Crippen molar-refractivity contribution in [1.82, 2.24) is 0 Å². The fourth-order valence-corrected chi connectivity index (χ4v) is 2.68. The maximum atomic E-state index is 12.8. The second-order valence-corrected chi connectivity index (χ2v) is 5.91. The molecule has 0 atom stereocenters. The average Bonchev–Trinajstić information content (AvgIpc) is 2.70. The van der Waals surface area contributed by atoms with Crippen LogP contribution < -0.4 is 10.6 Å². The molecular weight excluding hydrogens is 340 g/mol. The Hall–Kier alpha value is -3.60. The molecule has 2 N–H and O–H groups in total. The van der Waals surface area contributed by atoms with Crippen LogP contribution in [0, 0.1) is 0 Å².